The van der Waals surface area contributed by atoms with E-state index in [1.54, 1.807) is 12.1 Å². The number of hydrogen-bond acceptors (Lipinski definition) is 7. The first-order valence-corrected chi connectivity index (χ1v) is 10.9. The largest absolute Gasteiger partial charge is 0.456 e. The maximum atomic E-state index is 13.3. The zero-order valence-corrected chi connectivity index (χ0v) is 18.6. The van der Waals surface area contributed by atoms with Gasteiger partial charge in [-0.15, -0.1) is 0 Å². The van der Waals surface area contributed by atoms with Crippen molar-refractivity contribution in [2.24, 2.45) is 0 Å². The van der Waals surface area contributed by atoms with Gasteiger partial charge in [-0.1, -0.05) is 37.3 Å². The number of benzene rings is 2. The SMILES string of the molecule is CC(C)c1nn2c(=O)cc(COC(=O)c3cccc(NC(=O)c4cccc(F)c4)c3)nc2s1. The number of nitrogens with one attached hydrogen (secondary N) is 1. The fourth-order valence-corrected chi connectivity index (χ4v) is 3.88. The van der Waals surface area contributed by atoms with Crippen LogP contribution in [0.3, 0.4) is 0 Å². The first kappa shape index (κ1) is 22.3. The molecule has 0 saturated heterocycles. The molecule has 2 aromatic carbocycles. The van der Waals surface area contributed by atoms with Crippen LogP contribution in [-0.2, 0) is 11.3 Å². The lowest BCUT2D eigenvalue weighted by Gasteiger charge is -2.08. The van der Waals surface area contributed by atoms with Crippen molar-refractivity contribution in [3.63, 3.8) is 0 Å². The van der Waals surface area contributed by atoms with Gasteiger partial charge in [-0.25, -0.2) is 14.2 Å². The molecule has 0 saturated carbocycles. The highest BCUT2D eigenvalue weighted by atomic mass is 32.1. The van der Waals surface area contributed by atoms with Crippen LogP contribution in [0.5, 0.6) is 0 Å². The highest BCUT2D eigenvalue weighted by molar-refractivity contribution is 7.16. The second kappa shape index (κ2) is 9.29. The minimum Gasteiger partial charge on any atom is -0.456 e. The molecule has 0 aliphatic heterocycles. The van der Waals surface area contributed by atoms with Crippen molar-refractivity contribution in [2.45, 2.75) is 26.4 Å². The number of hydrogen-bond donors (Lipinski definition) is 1. The first-order chi connectivity index (χ1) is 15.8. The van der Waals surface area contributed by atoms with Gasteiger partial charge in [0.25, 0.3) is 11.5 Å². The molecule has 2 aromatic heterocycles. The Hall–Kier alpha value is -3.92. The Bertz CT molecular complexity index is 1410. The van der Waals surface area contributed by atoms with Crippen LogP contribution in [0.15, 0.2) is 59.4 Å². The average Bonchev–Trinajstić information content (AvgIpc) is 3.23. The number of esters is 1. The van der Waals surface area contributed by atoms with E-state index in [0.717, 1.165) is 11.1 Å². The Labute approximate surface area is 191 Å². The number of ether oxygens (including phenoxy) is 1. The molecular formula is C23H19FN4O4S. The third kappa shape index (κ3) is 5.12. The predicted octanol–water partition coefficient (Wildman–Crippen LogP) is 4.02. The van der Waals surface area contributed by atoms with Crippen LogP contribution in [0.2, 0.25) is 0 Å². The molecule has 4 rings (SSSR count). The molecule has 2 heterocycles. The Balaban J connectivity index is 1.45. The lowest BCUT2D eigenvalue weighted by molar-refractivity contribution is 0.0467. The minimum atomic E-state index is -0.647. The Kier molecular flexibility index (Phi) is 6.27. The second-order valence-corrected chi connectivity index (χ2v) is 8.48. The standard InChI is InChI=1S/C23H19FN4O4S/c1-13(2)21-27-28-19(29)11-18(26-23(28)33-21)12-32-22(31)15-6-4-8-17(10-15)25-20(30)14-5-3-7-16(24)9-14/h3-11,13H,12H2,1-2H3,(H,25,30). The summed E-state index contributed by atoms with van der Waals surface area (Å²) in [6.45, 7) is 3.75. The highest BCUT2D eigenvalue weighted by Gasteiger charge is 2.14. The number of carbonyl (C=O) groups is 2. The summed E-state index contributed by atoms with van der Waals surface area (Å²) < 4.78 is 19.9. The van der Waals surface area contributed by atoms with Crippen molar-refractivity contribution < 1.29 is 18.7 Å². The van der Waals surface area contributed by atoms with Crippen LogP contribution in [0.1, 0.15) is 51.2 Å². The molecule has 10 heteroatoms. The predicted molar refractivity (Wildman–Crippen MR) is 121 cm³/mol. The maximum Gasteiger partial charge on any atom is 0.338 e. The van der Waals surface area contributed by atoms with E-state index in [4.69, 9.17) is 4.74 Å². The molecule has 0 bridgehead atoms. The summed E-state index contributed by atoms with van der Waals surface area (Å²) in [6, 6.07) is 12.7. The molecule has 0 unspecified atom stereocenters. The molecule has 0 aliphatic carbocycles. The van der Waals surface area contributed by atoms with Gasteiger partial charge in [-0.05, 0) is 36.4 Å². The van der Waals surface area contributed by atoms with Crippen molar-refractivity contribution in [2.75, 3.05) is 5.32 Å². The Morgan fingerprint density at radius 2 is 1.88 bits per heavy atom. The smallest absolute Gasteiger partial charge is 0.338 e. The van der Waals surface area contributed by atoms with Gasteiger partial charge in [0, 0.05) is 23.2 Å². The molecule has 4 aromatic rings. The summed E-state index contributed by atoms with van der Waals surface area (Å²) >= 11 is 1.31. The van der Waals surface area contributed by atoms with Crippen LogP contribution in [0, 0.1) is 5.82 Å². The van der Waals surface area contributed by atoms with Gasteiger partial charge in [0.1, 0.15) is 17.4 Å². The van der Waals surface area contributed by atoms with Crippen LogP contribution in [0.25, 0.3) is 4.96 Å². The lowest BCUT2D eigenvalue weighted by atomic mass is 10.1. The van der Waals surface area contributed by atoms with E-state index in [0.29, 0.717) is 16.3 Å². The minimum absolute atomic E-state index is 0.152. The molecule has 1 amide bonds. The maximum absolute atomic E-state index is 13.3. The number of rotatable bonds is 6. The van der Waals surface area contributed by atoms with Crippen LogP contribution in [0.4, 0.5) is 10.1 Å². The zero-order valence-electron chi connectivity index (χ0n) is 17.7. The van der Waals surface area contributed by atoms with Crippen molar-refractivity contribution in [3.8, 4) is 0 Å². The number of fused-ring (bicyclic) bond motifs is 1. The van der Waals surface area contributed by atoms with Crippen LogP contribution < -0.4 is 10.9 Å². The molecule has 0 radical (unpaired) electrons. The topological polar surface area (TPSA) is 103 Å². The van der Waals surface area contributed by atoms with E-state index in [1.165, 1.54) is 52.3 Å². The van der Waals surface area contributed by atoms with Gasteiger partial charge >= 0.3 is 5.97 Å². The molecule has 33 heavy (non-hydrogen) atoms. The number of aromatic nitrogens is 3. The molecule has 0 fully saturated rings. The van der Waals surface area contributed by atoms with Crippen molar-refractivity contribution in [1.82, 2.24) is 14.6 Å². The second-order valence-electron chi connectivity index (χ2n) is 7.50. The van der Waals surface area contributed by atoms with Gasteiger partial charge in [0.2, 0.25) is 4.96 Å². The van der Waals surface area contributed by atoms with Crippen molar-refractivity contribution in [1.29, 1.82) is 0 Å². The van der Waals surface area contributed by atoms with E-state index in [-0.39, 0.29) is 29.2 Å². The number of halogens is 1. The van der Waals surface area contributed by atoms with Gasteiger partial charge in [-0.3, -0.25) is 9.59 Å². The lowest BCUT2D eigenvalue weighted by Crippen LogP contribution is -2.17. The van der Waals surface area contributed by atoms with Crippen molar-refractivity contribution in [3.05, 3.63) is 92.6 Å². The molecule has 168 valence electrons. The number of carbonyl (C=O) groups excluding carboxylic acids is 2. The quantitative estimate of drug-likeness (QED) is 0.431. The van der Waals surface area contributed by atoms with E-state index in [9.17, 15) is 18.8 Å². The van der Waals surface area contributed by atoms with Gasteiger partial charge in [0.05, 0.1) is 11.3 Å². The zero-order chi connectivity index (χ0) is 23.5. The van der Waals surface area contributed by atoms with Gasteiger partial charge in [-0.2, -0.15) is 9.61 Å². The summed E-state index contributed by atoms with van der Waals surface area (Å²) in [5, 5.41) is 7.65. The summed E-state index contributed by atoms with van der Waals surface area (Å²) in [4.78, 5) is 41.9. The van der Waals surface area contributed by atoms with E-state index >= 15 is 0 Å². The summed E-state index contributed by atoms with van der Waals surface area (Å²) in [5.74, 6) is -1.52. The van der Waals surface area contributed by atoms with Crippen LogP contribution >= 0.6 is 11.3 Å². The third-order valence-electron chi connectivity index (χ3n) is 4.60. The summed E-state index contributed by atoms with van der Waals surface area (Å²) in [7, 11) is 0. The molecule has 0 atom stereocenters. The summed E-state index contributed by atoms with van der Waals surface area (Å²) in [6.07, 6.45) is 0. The molecule has 0 spiro atoms. The van der Waals surface area contributed by atoms with Crippen molar-refractivity contribution >= 4 is 33.9 Å². The monoisotopic (exact) mass is 466 g/mol. The average molecular weight is 466 g/mol. The number of anilines is 1. The molecule has 0 aliphatic rings. The van der Waals surface area contributed by atoms with Crippen LogP contribution in [-0.4, -0.2) is 26.5 Å². The Morgan fingerprint density at radius 3 is 2.64 bits per heavy atom. The van der Waals surface area contributed by atoms with Gasteiger partial charge in [0.15, 0.2) is 0 Å². The number of nitrogens with zero attached hydrogens (tertiary/aromatic N) is 3. The normalized spacial score (nSPS) is 11.0. The fraction of sp³-hybridized carbons (Fsp3) is 0.174. The Morgan fingerprint density at radius 1 is 1.12 bits per heavy atom. The van der Waals surface area contributed by atoms with E-state index < -0.39 is 17.7 Å². The molecular weight excluding hydrogens is 447 g/mol. The first-order valence-electron chi connectivity index (χ1n) is 10.0. The molecule has 1 N–H and O–H groups in total. The fourth-order valence-electron chi connectivity index (χ4n) is 2.96. The highest BCUT2D eigenvalue weighted by Crippen LogP contribution is 2.20. The van der Waals surface area contributed by atoms with E-state index in [1.807, 2.05) is 13.8 Å². The summed E-state index contributed by atoms with van der Waals surface area (Å²) in [5.41, 5.74) is 0.658. The number of amides is 1. The van der Waals surface area contributed by atoms with Gasteiger partial charge < -0.3 is 10.1 Å². The molecule has 8 nitrogen and oxygen atoms in total. The van der Waals surface area contributed by atoms with E-state index in [2.05, 4.69) is 15.4 Å². The third-order valence-corrected chi connectivity index (χ3v) is 5.81.